The fourth-order valence-electron chi connectivity index (χ4n) is 2.04. The van der Waals surface area contributed by atoms with Crippen molar-refractivity contribution in [1.82, 2.24) is 9.55 Å². The fourth-order valence-corrected chi connectivity index (χ4v) is 3.44. The van der Waals surface area contributed by atoms with Gasteiger partial charge in [-0.15, -0.1) is 6.58 Å². The highest BCUT2D eigenvalue weighted by molar-refractivity contribution is 8.00. The van der Waals surface area contributed by atoms with Gasteiger partial charge in [0.05, 0.1) is 16.8 Å². The number of benzene rings is 1. The van der Waals surface area contributed by atoms with Crippen LogP contribution >= 0.6 is 23.5 Å². The van der Waals surface area contributed by atoms with Crippen molar-refractivity contribution in [3.05, 3.63) is 36.4 Å². The first kappa shape index (κ1) is 16.0. The van der Waals surface area contributed by atoms with E-state index in [-0.39, 0.29) is 5.75 Å². The van der Waals surface area contributed by atoms with Crippen LogP contribution in [0.15, 0.2) is 36.0 Å². The SMILES string of the molecule is C=CCSCCn1c(SCC(=O)O)nc2c(C)cccc21. The van der Waals surface area contributed by atoms with Crippen molar-refractivity contribution in [2.45, 2.75) is 18.6 Å². The minimum Gasteiger partial charge on any atom is -0.481 e. The van der Waals surface area contributed by atoms with E-state index in [2.05, 4.69) is 16.1 Å². The molecule has 0 atom stereocenters. The second-order valence-corrected chi connectivity index (χ2v) is 6.63. The van der Waals surface area contributed by atoms with Crippen LogP contribution in [0.3, 0.4) is 0 Å². The van der Waals surface area contributed by atoms with Crippen LogP contribution in [-0.2, 0) is 11.3 Å². The van der Waals surface area contributed by atoms with Crippen LogP contribution < -0.4 is 0 Å². The summed E-state index contributed by atoms with van der Waals surface area (Å²) >= 11 is 3.08. The van der Waals surface area contributed by atoms with Crippen LogP contribution in [0.4, 0.5) is 0 Å². The Kier molecular flexibility index (Phi) is 5.76. The molecule has 1 N–H and O–H groups in total. The Morgan fingerprint density at radius 3 is 3.05 bits per heavy atom. The van der Waals surface area contributed by atoms with Gasteiger partial charge >= 0.3 is 5.97 Å². The number of carboxylic acids is 1. The monoisotopic (exact) mass is 322 g/mol. The zero-order chi connectivity index (χ0) is 15.2. The molecule has 0 aliphatic rings. The summed E-state index contributed by atoms with van der Waals surface area (Å²) in [5, 5.41) is 9.65. The van der Waals surface area contributed by atoms with E-state index in [0.717, 1.165) is 39.8 Å². The Morgan fingerprint density at radius 1 is 1.52 bits per heavy atom. The molecule has 1 heterocycles. The number of aromatic nitrogens is 2. The molecule has 4 nitrogen and oxygen atoms in total. The van der Waals surface area contributed by atoms with Crippen molar-refractivity contribution in [3.8, 4) is 0 Å². The predicted octanol–water partition coefficient (Wildman–Crippen LogP) is 3.44. The Balaban J connectivity index is 2.28. The van der Waals surface area contributed by atoms with E-state index < -0.39 is 5.97 Å². The molecule has 6 heteroatoms. The van der Waals surface area contributed by atoms with Gasteiger partial charge in [0.25, 0.3) is 0 Å². The average molecular weight is 322 g/mol. The Bertz CT molecular complexity index is 652. The molecular weight excluding hydrogens is 304 g/mol. The molecule has 1 aromatic carbocycles. The van der Waals surface area contributed by atoms with Crippen molar-refractivity contribution in [3.63, 3.8) is 0 Å². The van der Waals surface area contributed by atoms with Crippen molar-refractivity contribution in [1.29, 1.82) is 0 Å². The van der Waals surface area contributed by atoms with Crippen LogP contribution in [0.1, 0.15) is 5.56 Å². The third kappa shape index (κ3) is 4.04. The van der Waals surface area contributed by atoms with E-state index in [1.165, 1.54) is 11.8 Å². The number of hydrogen-bond acceptors (Lipinski definition) is 4. The molecule has 0 unspecified atom stereocenters. The number of aryl methyl sites for hydroxylation is 2. The van der Waals surface area contributed by atoms with Gasteiger partial charge in [-0.2, -0.15) is 11.8 Å². The van der Waals surface area contributed by atoms with Gasteiger partial charge < -0.3 is 9.67 Å². The normalized spacial score (nSPS) is 10.9. The number of fused-ring (bicyclic) bond motifs is 1. The number of aliphatic carboxylic acids is 1. The zero-order valence-corrected chi connectivity index (χ0v) is 13.5. The Hall–Kier alpha value is -1.40. The lowest BCUT2D eigenvalue weighted by Gasteiger charge is -2.07. The smallest absolute Gasteiger partial charge is 0.313 e. The number of hydrogen-bond donors (Lipinski definition) is 1. The molecule has 0 amide bonds. The van der Waals surface area contributed by atoms with Crippen LogP contribution in [0.25, 0.3) is 11.0 Å². The van der Waals surface area contributed by atoms with Crippen LogP contribution in [0.2, 0.25) is 0 Å². The molecule has 0 aliphatic carbocycles. The summed E-state index contributed by atoms with van der Waals surface area (Å²) < 4.78 is 2.12. The topological polar surface area (TPSA) is 55.1 Å². The summed E-state index contributed by atoms with van der Waals surface area (Å²) in [6.07, 6.45) is 1.89. The van der Waals surface area contributed by atoms with Gasteiger partial charge in [0.2, 0.25) is 0 Å². The first-order valence-electron chi connectivity index (χ1n) is 6.62. The summed E-state index contributed by atoms with van der Waals surface area (Å²) in [7, 11) is 0. The summed E-state index contributed by atoms with van der Waals surface area (Å²) in [5.41, 5.74) is 3.14. The fraction of sp³-hybridized carbons (Fsp3) is 0.333. The number of para-hydroxylation sites is 1. The van der Waals surface area contributed by atoms with E-state index in [9.17, 15) is 4.79 Å². The molecule has 0 saturated carbocycles. The molecule has 0 fully saturated rings. The molecule has 0 spiro atoms. The van der Waals surface area contributed by atoms with Gasteiger partial charge in [0.1, 0.15) is 0 Å². The summed E-state index contributed by atoms with van der Waals surface area (Å²) in [6.45, 7) is 6.56. The zero-order valence-electron chi connectivity index (χ0n) is 11.9. The number of thioether (sulfide) groups is 2. The maximum atomic E-state index is 10.8. The molecule has 112 valence electrons. The molecule has 0 radical (unpaired) electrons. The van der Waals surface area contributed by atoms with E-state index in [1.807, 2.05) is 31.2 Å². The lowest BCUT2D eigenvalue weighted by molar-refractivity contribution is -0.133. The maximum Gasteiger partial charge on any atom is 0.313 e. The van der Waals surface area contributed by atoms with Crippen molar-refractivity contribution >= 4 is 40.5 Å². The van der Waals surface area contributed by atoms with Crippen molar-refractivity contribution in [2.24, 2.45) is 0 Å². The van der Waals surface area contributed by atoms with Gasteiger partial charge in [-0.05, 0) is 18.6 Å². The first-order valence-corrected chi connectivity index (χ1v) is 8.76. The Labute approximate surface area is 132 Å². The summed E-state index contributed by atoms with van der Waals surface area (Å²) in [6, 6.07) is 6.08. The van der Waals surface area contributed by atoms with Crippen LogP contribution in [0.5, 0.6) is 0 Å². The standard InChI is InChI=1S/C15H18N2O2S2/c1-3-8-20-9-7-17-12-6-4-5-11(2)14(12)16-15(17)21-10-13(18)19/h3-6H,1,7-10H2,2H3,(H,18,19). The second kappa shape index (κ2) is 7.56. The third-order valence-electron chi connectivity index (χ3n) is 2.97. The van der Waals surface area contributed by atoms with Gasteiger partial charge in [-0.1, -0.05) is 30.0 Å². The molecule has 0 bridgehead atoms. The number of rotatable bonds is 8. The summed E-state index contributed by atoms with van der Waals surface area (Å²) in [4.78, 5) is 15.4. The Morgan fingerprint density at radius 2 is 2.33 bits per heavy atom. The number of imidazole rings is 1. The molecule has 2 aromatic rings. The average Bonchev–Trinajstić information content (AvgIpc) is 2.81. The van der Waals surface area contributed by atoms with Crippen molar-refractivity contribution in [2.75, 3.05) is 17.3 Å². The van der Waals surface area contributed by atoms with Gasteiger partial charge in [0.15, 0.2) is 5.16 Å². The highest BCUT2D eigenvalue weighted by Gasteiger charge is 2.13. The third-order valence-corrected chi connectivity index (χ3v) is 4.87. The highest BCUT2D eigenvalue weighted by atomic mass is 32.2. The maximum absolute atomic E-state index is 10.8. The molecular formula is C15H18N2O2S2. The van der Waals surface area contributed by atoms with Gasteiger partial charge in [0, 0.05) is 18.1 Å². The number of carbonyl (C=O) groups is 1. The lowest BCUT2D eigenvalue weighted by atomic mass is 10.2. The largest absolute Gasteiger partial charge is 0.481 e. The van der Waals surface area contributed by atoms with Gasteiger partial charge in [-0.25, -0.2) is 4.98 Å². The molecule has 1 aromatic heterocycles. The molecule has 21 heavy (non-hydrogen) atoms. The summed E-state index contributed by atoms with van der Waals surface area (Å²) in [5.74, 6) is 1.08. The van der Waals surface area contributed by atoms with E-state index >= 15 is 0 Å². The number of carboxylic acid groups (broad SMARTS) is 1. The van der Waals surface area contributed by atoms with Crippen LogP contribution in [0, 0.1) is 6.92 Å². The number of nitrogens with zero attached hydrogens (tertiary/aromatic N) is 2. The first-order chi connectivity index (χ1) is 10.1. The van der Waals surface area contributed by atoms with E-state index in [4.69, 9.17) is 5.11 Å². The minimum absolute atomic E-state index is 0.0299. The lowest BCUT2D eigenvalue weighted by Crippen LogP contribution is -2.05. The molecule has 0 aliphatic heterocycles. The van der Waals surface area contributed by atoms with Crippen LogP contribution in [-0.4, -0.2) is 37.9 Å². The van der Waals surface area contributed by atoms with Gasteiger partial charge in [-0.3, -0.25) is 4.79 Å². The van der Waals surface area contributed by atoms with E-state index in [1.54, 1.807) is 11.8 Å². The second-order valence-electron chi connectivity index (χ2n) is 4.53. The quantitative estimate of drug-likeness (QED) is 0.458. The predicted molar refractivity (Wildman–Crippen MR) is 90.4 cm³/mol. The minimum atomic E-state index is -0.823. The highest BCUT2D eigenvalue weighted by Crippen LogP contribution is 2.26. The molecule has 2 rings (SSSR count). The molecule has 0 saturated heterocycles. The van der Waals surface area contributed by atoms with Crippen molar-refractivity contribution < 1.29 is 9.90 Å². The van der Waals surface area contributed by atoms with E-state index in [0.29, 0.717) is 0 Å².